The summed E-state index contributed by atoms with van der Waals surface area (Å²) in [5.74, 6) is -0.201. The van der Waals surface area contributed by atoms with Crippen LogP contribution in [0.5, 0.6) is 0 Å². The van der Waals surface area contributed by atoms with E-state index < -0.39 is 0 Å². The third kappa shape index (κ3) is 1.73. The first-order chi connectivity index (χ1) is 7.61. The molecule has 3 heteroatoms. The number of halogens is 1. The van der Waals surface area contributed by atoms with Gasteiger partial charge in [-0.25, -0.2) is 4.39 Å². The minimum absolute atomic E-state index is 0.201. The maximum absolute atomic E-state index is 13.7. The SMILES string of the molecule is Cc1cnn(C(C)C)c1-c1ccccc1F. The molecule has 0 fully saturated rings. The molecule has 2 aromatic rings. The molecule has 0 radical (unpaired) electrons. The summed E-state index contributed by atoms with van der Waals surface area (Å²) in [6, 6.07) is 7.04. The van der Waals surface area contributed by atoms with E-state index in [4.69, 9.17) is 0 Å². The van der Waals surface area contributed by atoms with Gasteiger partial charge in [0, 0.05) is 11.6 Å². The lowest BCUT2D eigenvalue weighted by atomic mass is 10.1. The Hall–Kier alpha value is -1.64. The molecule has 1 heterocycles. The van der Waals surface area contributed by atoms with Crippen LogP contribution in [-0.2, 0) is 0 Å². The summed E-state index contributed by atoms with van der Waals surface area (Å²) >= 11 is 0. The summed E-state index contributed by atoms with van der Waals surface area (Å²) in [5, 5.41) is 4.28. The minimum atomic E-state index is -0.201. The van der Waals surface area contributed by atoms with Crippen LogP contribution in [0.1, 0.15) is 25.5 Å². The number of aryl methyl sites for hydroxylation is 1. The normalized spacial score (nSPS) is 11.1. The number of rotatable bonds is 2. The molecule has 84 valence electrons. The first-order valence-electron chi connectivity index (χ1n) is 5.40. The highest BCUT2D eigenvalue weighted by Crippen LogP contribution is 2.27. The fraction of sp³-hybridized carbons (Fsp3) is 0.308. The lowest BCUT2D eigenvalue weighted by Crippen LogP contribution is -2.05. The molecule has 1 aromatic carbocycles. The largest absolute Gasteiger partial charge is 0.262 e. The second kappa shape index (κ2) is 4.08. The maximum atomic E-state index is 13.7. The Morgan fingerprint density at radius 3 is 2.56 bits per heavy atom. The van der Waals surface area contributed by atoms with Gasteiger partial charge in [0.1, 0.15) is 5.82 Å². The van der Waals surface area contributed by atoms with Crippen LogP contribution < -0.4 is 0 Å². The number of aromatic nitrogens is 2. The zero-order valence-corrected chi connectivity index (χ0v) is 9.74. The highest BCUT2D eigenvalue weighted by molar-refractivity contribution is 5.63. The van der Waals surface area contributed by atoms with Crippen molar-refractivity contribution in [1.82, 2.24) is 9.78 Å². The van der Waals surface area contributed by atoms with Crippen molar-refractivity contribution < 1.29 is 4.39 Å². The van der Waals surface area contributed by atoms with E-state index in [2.05, 4.69) is 5.10 Å². The highest BCUT2D eigenvalue weighted by atomic mass is 19.1. The Balaban J connectivity index is 2.64. The van der Waals surface area contributed by atoms with E-state index in [0.29, 0.717) is 5.56 Å². The molecule has 0 saturated carbocycles. The second-order valence-corrected chi connectivity index (χ2v) is 4.19. The molecular formula is C13H15FN2. The van der Waals surface area contributed by atoms with Gasteiger partial charge in [-0.15, -0.1) is 0 Å². The summed E-state index contributed by atoms with van der Waals surface area (Å²) in [5.41, 5.74) is 2.48. The molecule has 0 atom stereocenters. The number of benzene rings is 1. The van der Waals surface area contributed by atoms with E-state index in [0.717, 1.165) is 11.3 Å². The average Bonchev–Trinajstić information content (AvgIpc) is 2.61. The van der Waals surface area contributed by atoms with E-state index in [1.807, 2.05) is 31.5 Å². The molecule has 0 bridgehead atoms. The van der Waals surface area contributed by atoms with Gasteiger partial charge in [0.25, 0.3) is 0 Å². The van der Waals surface area contributed by atoms with Gasteiger partial charge in [0.2, 0.25) is 0 Å². The van der Waals surface area contributed by atoms with E-state index in [9.17, 15) is 4.39 Å². The third-order valence-corrected chi connectivity index (χ3v) is 2.60. The smallest absolute Gasteiger partial charge is 0.132 e. The summed E-state index contributed by atoms with van der Waals surface area (Å²) in [6.45, 7) is 6.03. The predicted molar refractivity (Wildman–Crippen MR) is 62.7 cm³/mol. The van der Waals surface area contributed by atoms with Crippen LogP contribution >= 0.6 is 0 Å². The van der Waals surface area contributed by atoms with Crippen LogP contribution in [0.2, 0.25) is 0 Å². The molecule has 0 N–H and O–H groups in total. The van der Waals surface area contributed by atoms with Crippen molar-refractivity contribution in [1.29, 1.82) is 0 Å². The summed E-state index contributed by atoms with van der Waals surface area (Å²) in [7, 11) is 0. The Labute approximate surface area is 94.7 Å². The van der Waals surface area contributed by atoms with Gasteiger partial charge in [0.05, 0.1) is 11.9 Å². The van der Waals surface area contributed by atoms with Gasteiger partial charge in [-0.3, -0.25) is 4.68 Å². The minimum Gasteiger partial charge on any atom is -0.262 e. The molecule has 0 saturated heterocycles. The van der Waals surface area contributed by atoms with Gasteiger partial charge in [-0.2, -0.15) is 5.10 Å². The topological polar surface area (TPSA) is 17.8 Å². The molecule has 2 nitrogen and oxygen atoms in total. The van der Waals surface area contributed by atoms with E-state index in [1.54, 1.807) is 18.3 Å². The van der Waals surface area contributed by atoms with Crippen molar-refractivity contribution in [2.24, 2.45) is 0 Å². The van der Waals surface area contributed by atoms with Crippen LogP contribution in [0.25, 0.3) is 11.3 Å². The monoisotopic (exact) mass is 218 g/mol. The molecule has 0 spiro atoms. The van der Waals surface area contributed by atoms with Gasteiger partial charge < -0.3 is 0 Å². The van der Waals surface area contributed by atoms with Crippen LogP contribution in [-0.4, -0.2) is 9.78 Å². The van der Waals surface area contributed by atoms with Crippen molar-refractivity contribution in [3.8, 4) is 11.3 Å². The Morgan fingerprint density at radius 1 is 1.25 bits per heavy atom. The fourth-order valence-electron chi connectivity index (χ4n) is 1.83. The number of hydrogen-bond acceptors (Lipinski definition) is 1. The van der Waals surface area contributed by atoms with Gasteiger partial charge >= 0.3 is 0 Å². The van der Waals surface area contributed by atoms with Crippen LogP contribution in [0, 0.1) is 12.7 Å². The highest BCUT2D eigenvalue weighted by Gasteiger charge is 2.14. The molecule has 1 aromatic heterocycles. The maximum Gasteiger partial charge on any atom is 0.132 e. The lowest BCUT2D eigenvalue weighted by Gasteiger charge is -2.12. The van der Waals surface area contributed by atoms with Crippen LogP contribution in [0.3, 0.4) is 0 Å². The second-order valence-electron chi connectivity index (χ2n) is 4.19. The molecule has 0 aliphatic carbocycles. The van der Waals surface area contributed by atoms with Crippen molar-refractivity contribution >= 4 is 0 Å². The van der Waals surface area contributed by atoms with E-state index >= 15 is 0 Å². The first-order valence-corrected chi connectivity index (χ1v) is 5.40. The van der Waals surface area contributed by atoms with Crippen LogP contribution in [0.4, 0.5) is 4.39 Å². The summed E-state index contributed by atoms with van der Waals surface area (Å²) in [4.78, 5) is 0. The fourth-order valence-corrected chi connectivity index (χ4v) is 1.83. The van der Waals surface area contributed by atoms with Crippen LogP contribution in [0.15, 0.2) is 30.5 Å². The molecule has 0 amide bonds. The van der Waals surface area contributed by atoms with Gasteiger partial charge in [-0.05, 0) is 38.5 Å². The zero-order valence-electron chi connectivity index (χ0n) is 9.74. The zero-order chi connectivity index (χ0) is 11.7. The van der Waals surface area contributed by atoms with Gasteiger partial charge in [0.15, 0.2) is 0 Å². The average molecular weight is 218 g/mol. The number of hydrogen-bond donors (Lipinski definition) is 0. The summed E-state index contributed by atoms with van der Waals surface area (Å²) in [6.07, 6.45) is 1.78. The Bertz CT molecular complexity index is 500. The van der Waals surface area contributed by atoms with Crippen molar-refractivity contribution in [2.45, 2.75) is 26.8 Å². The first kappa shape index (κ1) is 10.9. The van der Waals surface area contributed by atoms with Crippen molar-refractivity contribution in [2.75, 3.05) is 0 Å². The lowest BCUT2D eigenvalue weighted by molar-refractivity contribution is 0.535. The molecule has 2 rings (SSSR count). The van der Waals surface area contributed by atoms with Crippen molar-refractivity contribution in [3.05, 3.63) is 41.8 Å². The third-order valence-electron chi connectivity index (χ3n) is 2.60. The van der Waals surface area contributed by atoms with Crippen molar-refractivity contribution in [3.63, 3.8) is 0 Å². The Kier molecular flexibility index (Phi) is 2.77. The molecular weight excluding hydrogens is 203 g/mol. The van der Waals surface area contributed by atoms with E-state index in [-0.39, 0.29) is 11.9 Å². The molecule has 0 unspecified atom stereocenters. The van der Waals surface area contributed by atoms with E-state index in [1.165, 1.54) is 6.07 Å². The Morgan fingerprint density at radius 2 is 1.94 bits per heavy atom. The molecule has 0 aliphatic heterocycles. The molecule has 0 aliphatic rings. The van der Waals surface area contributed by atoms with Gasteiger partial charge in [-0.1, -0.05) is 12.1 Å². The number of nitrogens with zero attached hydrogens (tertiary/aromatic N) is 2. The molecule has 16 heavy (non-hydrogen) atoms. The predicted octanol–water partition coefficient (Wildman–Crippen LogP) is 3.58. The standard InChI is InChI=1S/C13H15FN2/c1-9(2)16-13(10(3)8-15-16)11-6-4-5-7-12(11)14/h4-9H,1-3H3. The quantitative estimate of drug-likeness (QED) is 0.753. The summed E-state index contributed by atoms with van der Waals surface area (Å²) < 4.78 is 15.6.